The van der Waals surface area contributed by atoms with E-state index in [1.807, 2.05) is 0 Å². The van der Waals surface area contributed by atoms with Crippen LogP contribution in [-0.2, 0) is 21.3 Å². The first-order valence-corrected chi connectivity index (χ1v) is 9.88. The molecule has 2 heterocycles. The van der Waals surface area contributed by atoms with Crippen molar-refractivity contribution in [2.24, 2.45) is 0 Å². The smallest absolute Gasteiger partial charge is 0.241 e. The highest BCUT2D eigenvalue weighted by Gasteiger charge is 2.18. The summed E-state index contributed by atoms with van der Waals surface area (Å²) < 4.78 is 43.3. The number of benzene rings is 1. The van der Waals surface area contributed by atoms with Crippen LogP contribution in [0.15, 0.2) is 35.4 Å². The summed E-state index contributed by atoms with van der Waals surface area (Å²) in [6.45, 7) is 2.76. The molecule has 1 aromatic carbocycles. The molecule has 1 aliphatic heterocycles. The maximum atomic E-state index is 12.6. The van der Waals surface area contributed by atoms with Gasteiger partial charge in [0.1, 0.15) is 11.6 Å². The van der Waals surface area contributed by atoms with E-state index in [-0.39, 0.29) is 11.4 Å². The Morgan fingerprint density at radius 3 is 2.59 bits per heavy atom. The van der Waals surface area contributed by atoms with E-state index in [0.29, 0.717) is 30.5 Å². The third-order valence-electron chi connectivity index (χ3n) is 4.11. The largest absolute Gasteiger partial charge is 0.493 e. The second-order valence-corrected chi connectivity index (χ2v) is 7.54. The summed E-state index contributed by atoms with van der Waals surface area (Å²) in [5.74, 6) is 1.94. The maximum absolute atomic E-state index is 12.6. The number of ether oxygens (including phenoxy) is 3. The fourth-order valence-electron chi connectivity index (χ4n) is 2.67. The minimum Gasteiger partial charge on any atom is -0.493 e. The van der Waals surface area contributed by atoms with Crippen LogP contribution in [0.4, 0.5) is 5.82 Å². The highest BCUT2D eigenvalue weighted by molar-refractivity contribution is 7.89. The van der Waals surface area contributed by atoms with Gasteiger partial charge in [-0.1, -0.05) is 0 Å². The minimum absolute atomic E-state index is 0.0190. The Kier molecular flexibility index (Phi) is 6.09. The van der Waals surface area contributed by atoms with E-state index in [9.17, 15) is 8.42 Å². The summed E-state index contributed by atoms with van der Waals surface area (Å²) in [6.07, 6.45) is 1.62. The van der Waals surface area contributed by atoms with Crippen LogP contribution in [0.2, 0.25) is 0 Å². The van der Waals surface area contributed by atoms with Gasteiger partial charge in [-0.05, 0) is 18.2 Å². The number of nitrogens with one attached hydrogen (secondary N) is 1. The molecule has 0 unspecified atom stereocenters. The Bertz CT molecular complexity index is 885. The van der Waals surface area contributed by atoms with Crippen LogP contribution < -0.4 is 19.1 Å². The number of rotatable bonds is 7. The molecule has 10 heteroatoms. The molecule has 2 aromatic rings. The van der Waals surface area contributed by atoms with Gasteiger partial charge in [-0.2, -0.15) is 0 Å². The van der Waals surface area contributed by atoms with Crippen molar-refractivity contribution < 1.29 is 22.6 Å². The Morgan fingerprint density at radius 2 is 1.89 bits per heavy atom. The van der Waals surface area contributed by atoms with Crippen LogP contribution in [0.1, 0.15) is 5.82 Å². The lowest BCUT2D eigenvalue weighted by Crippen LogP contribution is -2.37. The van der Waals surface area contributed by atoms with Gasteiger partial charge in [0.2, 0.25) is 10.0 Å². The summed E-state index contributed by atoms with van der Waals surface area (Å²) in [5.41, 5.74) is 0. The van der Waals surface area contributed by atoms with Gasteiger partial charge in [0.05, 0.1) is 38.9 Å². The molecule has 1 saturated heterocycles. The number of hydrogen-bond donors (Lipinski definition) is 1. The van der Waals surface area contributed by atoms with E-state index in [2.05, 4.69) is 19.6 Å². The number of nitrogens with zero attached hydrogens (tertiary/aromatic N) is 3. The monoisotopic (exact) mass is 394 g/mol. The van der Waals surface area contributed by atoms with Gasteiger partial charge >= 0.3 is 0 Å². The fraction of sp³-hybridized carbons (Fsp3) is 0.412. The zero-order valence-corrected chi connectivity index (χ0v) is 16.0. The molecule has 0 spiro atoms. The van der Waals surface area contributed by atoms with Gasteiger partial charge in [-0.3, -0.25) is 0 Å². The van der Waals surface area contributed by atoms with Crippen molar-refractivity contribution in [3.63, 3.8) is 0 Å². The fourth-order valence-corrected chi connectivity index (χ4v) is 3.66. The van der Waals surface area contributed by atoms with Crippen LogP contribution in [-0.4, -0.2) is 58.9 Å². The summed E-state index contributed by atoms with van der Waals surface area (Å²) in [7, 11) is -0.813. The molecule has 1 fully saturated rings. The Hall–Kier alpha value is -2.43. The first-order valence-electron chi connectivity index (χ1n) is 8.40. The highest BCUT2D eigenvalue weighted by atomic mass is 32.2. The van der Waals surface area contributed by atoms with Gasteiger partial charge in [0.25, 0.3) is 0 Å². The Labute approximate surface area is 158 Å². The van der Waals surface area contributed by atoms with Crippen molar-refractivity contribution in [2.75, 3.05) is 45.4 Å². The SMILES string of the molecule is COc1ccc(S(=O)(=O)NCc2nccc(N3CCOCC3)n2)cc1OC. The number of methoxy groups -OCH3 is 2. The van der Waals surface area contributed by atoms with Crippen molar-refractivity contribution in [3.8, 4) is 11.5 Å². The molecule has 146 valence electrons. The average Bonchev–Trinajstić information content (AvgIpc) is 2.72. The molecular formula is C17H22N4O5S. The molecule has 1 aliphatic rings. The van der Waals surface area contributed by atoms with Crippen molar-refractivity contribution in [1.82, 2.24) is 14.7 Å². The number of anilines is 1. The molecule has 3 rings (SSSR count). The van der Waals surface area contributed by atoms with Gasteiger partial charge in [-0.25, -0.2) is 23.1 Å². The van der Waals surface area contributed by atoms with Crippen LogP contribution in [0.5, 0.6) is 11.5 Å². The van der Waals surface area contributed by atoms with Crippen LogP contribution in [0, 0.1) is 0 Å². The topological polar surface area (TPSA) is 103 Å². The van der Waals surface area contributed by atoms with E-state index in [1.54, 1.807) is 18.3 Å². The standard InChI is InChI=1S/C17H22N4O5S/c1-24-14-4-3-13(11-15(14)25-2)27(22,23)19-12-16-18-6-5-17(20-16)21-7-9-26-10-8-21/h3-6,11,19H,7-10,12H2,1-2H3. The molecule has 0 atom stereocenters. The van der Waals surface area contributed by atoms with Gasteiger partial charge < -0.3 is 19.1 Å². The lowest BCUT2D eigenvalue weighted by molar-refractivity contribution is 0.122. The van der Waals surface area contributed by atoms with E-state index in [1.165, 1.54) is 26.4 Å². The van der Waals surface area contributed by atoms with Crippen molar-refractivity contribution in [1.29, 1.82) is 0 Å². The molecular weight excluding hydrogens is 372 g/mol. The van der Waals surface area contributed by atoms with Gasteiger partial charge in [0.15, 0.2) is 11.5 Å². The maximum Gasteiger partial charge on any atom is 0.241 e. The molecule has 0 radical (unpaired) electrons. The highest BCUT2D eigenvalue weighted by Crippen LogP contribution is 2.29. The second kappa shape index (κ2) is 8.51. The third-order valence-corrected chi connectivity index (χ3v) is 5.51. The predicted molar refractivity (Wildman–Crippen MR) is 98.6 cm³/mol. The summed E-state index contributed by atoms with van der Waals surface area (Å²) >= 11 is 0. The molecule has 1 N–H and O–H groups in total. The van der Waals surface area contributed by atoms with Gasteiger partial charge in [0, 0.05) is 25.4 Å². The number of morpholine rings is 1. The molecule has 0 bridgehead atoms. The number of aromatic nitrogens is 2. The minimum atomic E-state index is -3.75. The lowest BCUT2D eigenvalue weighted by Gasteiger charge is -2.27. The molecule has 0 aliphatic carbocycles. The van der Waals surface area contributed by atoms with Crippen molar-refractivity contribution >= 4 is 15.8 Å². The molecule has 1 aromatic heterocycles. The van der Waals surface area contributed by atoms with Crippen LogP contribution in [0.25, 0.3) is 0 Å². The first kappa shape index (κ1) is 19.3. The van der Waals surface area contributed by atoms with Crippen molar-refractivity contribution in [2.45, 2.75) is 11.4 Å². The van der Waals surface area contributed by atoms with Crippen LogP contribution in [0.3, 0.4) is 0 Å². The van der Waals surface area contributed by atoms with Crippen LogP contribution >= 0.6 is 0 Å². The first-order chi connectivity index (χ1) is 13.0. The zero-order valence-electron chi connectivity index (χ0n) is 15.2. The summed E-state index contributed by atoms with van der Waals surface area (Å²) in [6, 6.07) is 6.21. The lowest BCUT2D eigenvalue weighted by atomic mass is 10.3. The summed E-state index contributed by atoms with van der Waals surface area (Å²) in [5, 5.41) is 0. The molecule has 0 saturated carbocycles. The normalized spacial score (nSPS) is 14.8. The molecule has 0 amide bonds. The Balaban J connectivity index is 1.72. The zero-order chi connectivity index (χ0) is 19.3. The van der Waals surface area contributed by atoms with Crippen molar-refractivity contribution in [3.05, 3.63) is 36.3 Å². The Morgan fingerprint density at radius 1 is 1.15 bits per heavy atom. The molecule has 27 heavy (non-hydrogen) atoms. The second-order valence-electron chi connectivity index (χ2n) is 5.77. The van der Waals surface area contributed by atoms with E-state index in [0.717, 1.165) is 18.9 Å². The van der Waals surface area contributed by atoms with E-state index >= 15 is 0 Å². The van der Waals surface area contributed by atoms with Gasteiger partial charge in [-0.15, -0.1) is 0 Å². The van der Waals surface area contributed by atoms with E-state index in [4.69, 9.17) is 14.2 Å². The quantitative estimate of drug-likeness (QED) is 0.736. The third kappa shape index (κ3) is 4.65. The predicted octanol–water partition coefficient (Wildman–Crippen LogP) is 0.809. The number of hydrogen-bond acceptors (Lipinski definition) is 8. The molecule has 9 nitrogen and oxygen atoms in total. The average molecular weight is 394 g/mol. The van der Waals surface area contributed by atoms with E-state index < -0.39 is 10.0 Å². The summed E-state index contributed by atoms with van der Waals surface area (Å²) in [4.78, 5) is 10.7. The number of sulfonamides is 1.